The molecule has 1 fully saturated rings. The van der Waals surface area contributed by atoms with Crippen LogP contribution in [0.3, 0.4) is 0 Å². The van der Waals surface area contributed by atoms with E-state index in [1.807, 2.05) is 21.1 Å². The van der Waals surface area contributed by atoms with Gasteiger partial charge >= 0.3 is 0 Å². The number of rotatable bonds is 5. The molecule has 1 aliphatic heterocycles. The minimum atomic E-state index is -0.294. The number of hydrogen-bond acceptors (Lipinski definition) is 4. The highest BCUT2D eigenvalue weighted by Gasteiger charge is 2.26. The van der Waals surface area contributed by atoms with Crippen molar-refractivity contribution in [1.82, 2.24) is 24.6 Å². The first-order valence-electron chi connectivity index (χ1n) is 8.63. The summed E-state index contributed by atoms with van der Waals surface area (Å²) in [6, 6.07) is 4.63. The van der Waals surface area contributed by atoms with E-state index in [2.05, 4.69) is 24.6 Å². The fourth-order valence-electron chi connectivity index (χ4n) is 3.45. The summed E-state index contributed by atoms with van der Waals surface area (Å²) in [5, 5.41) is 9.30. The summed E-state index contributed by atoms with van der Waals surface area (Å²) < 4.78 is 15.4. The number of nitrogens with zero attached hydrogens (tertiary/aromatic N) is 5. The van der Waals surface area contributed by atoms with Gasteiger partial charge in [0, 0.05) is 31.1 Å². The molecule has 1 aromatic heterocycles. The highest BCUT2D eigenvalue weighted by molar-refractivity contribution is 6.31. The molecule has 136 valence electrons. The molecule has 1 saturated heterocycles. The van der Waals surface area contributed by atoms with Crippen LogP contribution in [0.2, 0.25) is 5.02 Å². The van der Waals surface area contributed by atoms with Gasteiger partial charge in [0.05, 0.1) is 6.54 Å². The number of aromatic nitrogens is 3. The molecule has 0 bridgehead atoms. The molecule has 0 saturated carbocycles. The predicted molar refractivity (Wildman–Crippen MR) is 97.1 cm³/mol. The van der Waals surface area contributed by atoms with Gasteiger partial charge in [-0.3, -0.25) is 4.90 Å². The van der Waals surface area contributed by atoms with E-state index in [4.69, 9.17) is 11.6 Å². The summed E-state index contributed by atoms with van der Waals surface area (Å²) in [6.07, 6.45) is 2.22. The number of benzene rings is 1. The fourth-order valence-corrected chi connectivity index (χ4v) is 3.68. The van der Waals surface area contributed by atoms with E-state index in [1.165, 1.54) is 12.1 Å². The number of halogens is 2. The van der Waals surface area contributed by atoms with E-state index in [1.54, 1.807) is 6.07 Å². The van der Waals surface area contributed by atoms with Gasteiger partial charge in [0.1, 0.15) is 17.5 Å². The summed E-state index contributed by atoms with van der Waals surface area (Å²) in [7, 11) is 6.11. The third-order valence-corrected chi connectivity index (χ3v) is 5.09. The zero-order valence-electron chi connectivity index (χ0n) is 15.0. The van der Waals surface area contributed by atoms with Gasteiger partial charge in [0.25, 0.3) is 0 Å². The monoisotopic (exact) mass is 365 g/mol. The van der Waals surface area contributed by atoms with Gasteiger partial charge in [-0.2, -0.15) is 0 Å². The van der Waals surface area contributed by atoms with E-state index in [-0.39, 0.29) is 5.82 Å². The number of likely N-dealkylation sites (tertiary alicyclic amines) is 1. The second-order valence-corrected chi connectivity index (χ2v) is 7.49. The van der Waals surface area contributed by atoms with Gasteiger partial charge < -0.3 is 9.47 Å². The lowest BCUT2D eigenvalue weighted by Gasteiger charge is -2.32. The summed E-state index contributed by atoms with van der Waals surface area (Å²) in [6.45, 7) is 3.46. The largest absolute Gasteiger partial charge is 0.317 e. The van der Waals surface area contributed by atoms with E-state index < -0.39 is 0 Å². The molecule has 1 aromatic carbocycles. The minimum absolute atomic E-state index is 0.294. The molecule has 0 N–H and O–H groups in total. The highest BCUT2D eigenvalue weighted by atomic mass is 35.5. The van der Waals surface area contributed by atoms with Crippen molar-refractivity contribution in [2.24, 2.45) is 7.05 Å². The van der Waals surface area contributed by atoms with Gasteiger partial charge in [-0.15, -0.1) is 10.2 Å². The zero-order valence-corrected chi connectivity index (χ0v) is 15.8. The van der Waals surface area contributed by atoms with Crippen molar-refractivity contribution in [2.45, 2.75) is 31.8 Å². The van der Waals surface area contributed by atoms with Crippen molar-refractivity contribution in [2.75, 3.05) is 27.2 Å². The van der Waals surface area contributed by atoms with Gasteiger partial charge in [-0.05, 0) is 51.2 Å². The normalized spacial score (nSPS) is 18.9. The van der Waals surface area contributed by atoms with Crippen molar-refractivity contribution in [1.29, 1.82) is 0 Å². The maximum Gasteiger partial charge on any atom is 0.146 e. The zero-order chi connectivity index (χ0) is 18.0. The Morgan fingerprint density at radius 2 is 2.12 bits per heavy atom. The van der Waals surface area contributed by atoms with Crippen LogP contribution in [-0.2, 0) is 20.1 Å². The van der Waals surface area contributed by atoms with Crippen LogP contribution < -0.4 is 0 Å². The smallest absolute Gasteiger partial charge is 0.146 e. The summed E-state index contributed by atoms with van der Waals surface area (Å²) >= 11 is 6.18. The fraction of sp³-hybridized carbons (Fsp3) is 0.556. The highest BCUT2D eigenvalue weighted by Crippen LogP contribution is 2.28. The van der Waals surface area contributed by atoms with Crippen molar-refractivity contribution >= 4 is 11.6 Å². The van der Waals surface area contributed by atoms with Crippen LogP contribution in [0.4, 0.5) is 4.39 Å². The molecule has 3 rings (SSSR count). The average Bonchev–Trinajstić information content (AvgIpc) is 2.91. The number of hydrogen-bond donors (Lipinski definition) is 0. The third kappa shape index (κ3) is 4.37. The quantitative estimate of drug-likeness (QED) is 0.816. The minimum Gasteiger partial charge on any atom is -0.317 e. The van der Waals surface area contributed by atoms with Crippen LogP contribution in [0.5, 0.6) is 0 Å². The number of piperidine rings is 1. The maximum atomic E-state index is 13.2. The lowest BCUT2D eigenvalue weighted by molar-refractivity contribution is 0.195. The molecular formula is C18H25ClFN5. The molecule has 1 aliphatic rings. The van der Waals surface area contributed by atoms with E-state index in [0.717, 1.165) is 56.2 Å². The van der Waals surface area contributed by atoms with Crippen LogP contribution in [0.15, 0.2) is 18.2 Å². The molecule has 2 heterocycles. The summed E-state index contributed by atoms with van der Waals surface area (Å²) in [4.78, 5) is 4.46. The summed E-state index contributed by atoms with van der Waals surface area (Å²) in [5.41, 5.74) is 0.968. The van der Waals surface area contributed by atoms with Crippen molar-refractivity contribution in [3.8, 4) is 0 Å². The van der Waals surface area contributed by atoms with Crippen LogP contribution in [0.1, 0.15) is 36.0 Å². The Kier molecular flexibility index (Phi) is 5.71. The van der Waals surface area contributed by atoms with Crippen molar-refractivity contribution in [3.63, 3.8) is 0 Å². The van der Waals surface area contributed by atoms with E-state index >= 15 is 0 Å². The molecule has 7 heteroatoms. The standard InChI is InChI=1S/C18H25ClFN5/c1-23(2)12-17-21-22-18(24(17)3)14-5-4-8-25(11-14)10-13-6-7-15(20)9-16(13)19/h6-7,9,14H,4-5,8,10-12H2,1-3H3/t14-/m1/s1. The summed E-state index contributed by atoms with van der Waals surface area (Å²) in [5.74, 6) is 2.10. The second-order valence-electron chi connectivity index (χ2n) is 7.08. The average molecular weight is 366 g/mol. The van der Waals surface area contributed by atoms with Crippen LogP contribution in [0, 0.1) is 5.82 Å². The van der Waals surface area contributed by atoms with Crippen molar-refractivity contribution in [3.05, 3.63) is 46.3 Å². The SMILES string of the molecule is CN(C)Cc1nnc([C@@H]2CCCN(Cc3ccc(F)cc3Cl)C2)n1C. The topological polar surface area (TPSA) is 37.2 Å². The lowest BCUT2D eigenvalue weighted by atomic mass is 9.96. The predicted octanol–water partition coefficient (Wildman–Crippen LogP) is 3.05. The first-order valence-corrected chi connectivity index (χ1v) is 9.01. The van der Waals surface area contributed by atoms with Gasteiger partial charge in [-0.1, -0.05) is 17.7 Å². The third-order valence-electron chi connectivity index (χ3n) is 4.74. The Hall–Kier alpha value is -1.50. The molecular weight excluding hydrogens is 341 g/mol. The lowest BCUT2D eigenvalue weighted by Crippen LogP contribution is -2.35. The Labute approximate surface area is 153 Å². The molecule has 0 unspecified atom stereocenters. The Bertz CT molecular complexity index is 730. The van der Waals surface area contributed by atoms with Crippen molar-refractivity contribution < 1.29 is 4.39 Å². The molecule has 5 nitrogen and oxygen atoms in total. The Balaban J connectivity index is 1.70. The molecule has 1 atom stereocenters. The van der Waals surface area contributed by atoms with Crippen LogP contribution in [-0.4, -0.2) is 51.7 Å². The second kappa shape index (κ2) is 7.81. The molecule has 0 radical (unpaired) electrons. The molecule has 0 amide bonds. The van der Waals surface area contributed by atoms with E-state index in [9.17, 15) is 4.39 Å². The molecule has 0 aliphatic carbocycles. The van der Waals surface area contributed by atoms with Gasteiger partial charge in [0.2, 0.25) is 0 Å². The van der Waals surface area contributed by atoms with E-state index in [0.29, 0.717) is 10.9 Å². The first kappa shape index (κ1) is 18.3. The Morgan fingerprint density at radius 3 is 2.84 bits per heavy atom. The molecule has 2 aromatic rings. The molecule has 25 heavy (non-hydrogen) atoms. The molecule has 0 spiro atoms. The maximum absolute atomic E-state index is 13.2. The van der Waals surface area contributed by atoms with Crippen LogP contribution >= 0.6 is 11.6 Å². The Morgan fingerprint density at radius 1 is 1.32 bits per heavy atom. The van der Waals surface area contributed by atoms with Gasteiger partial charge in [-0.25, -0.2) is 4.39 Å². The first-order chi connectivity index (χ1) is 11.9. The van der Waals surface area contributed by atoms with Gasteiger partial charge in [0.15, 0.2) is 0 Å². The van der Waals surface area contributed by atoms with Crippen LogP contribution in [0.25, 0.3) is 0 Å².